The van der Waals surface area contributed by atoms with E-state index in [9.17, 15) is 13.2 Å². The van der Waals surface area contributed by atoms with E-state index >= 15 is 0 Å². The predicted octanol–water partition coefficient (Wildman–Crippen LogP) is 0.0329. The van der Waals surface area contributed by atoms with Gasteiger partial charge in [-0.3, -0.25) is 9.79 Å². The van der Waals surface area contributed by atoms with Crippen molar-refractivity contribution in [1.82, 2.24) is 4.31 Å². The third kappa shape index (κ3) is 3.04. The highest BCUT2D eigenvalue weighted by Gasteiger charge is 2.27. The maximum atomic E-state index is 12.0. The molecule has 0 radical (unpaired) electrons. The molecule has 1 rings (SSSR count). The monoisotopic (exact) mass is 255 g/mol. The number of carbonyl (C=O) groups excluding carboxylic acids is 1. The molecule has 1 aromatic carbocycles. The van der Waals surface area contributed by atoms with Crippen LogP contribution in [0.1, 0.15) is 10.4 Å². The van der Waals surface area contributed by atoms with E-state index in [4.69, 9.17) is 5.73 Å². The zero-order valence-electron chi connectivity index (χ0n) is 9.49. The third-order valence-electron chi connectivity index (χ3n) is 1.97. The van der Waals surface area contributed by atoms with E-state index in [1.165, 1.54) is 19.2 Å². The van der Waals surface area contributed by atoms with Crippen molar-refractivity contribution in [2.75, 3.05) is 13.3 Å². The number of carbonyl (C=O) groups is 1. The number of benzene rings is 1. The van der Waals surface area contributed by atoms with Crippen LogP contribution in [0.5, 0.6) is 0 Å². The van der Waals surface area contributed by atoms with Crippen LogP contribution in [-0.2, 0) is 10.0 Å². The van der Waals surface area contributed by atoms with Crippen molar-refractivity contribution < 1.29 is 13.2 Å². The highest BCUT2D eigenvalue weighted by atomic mass is 32.2. The summed E-state index contributed by atoms with van der Waals surface area (Å²) in [6.07, 6.45) is 0.895. The number of rotatable bonds is 2. The predicted molar refractivity (Wildman–Crippen MR) is 65.0 cm³/mol. The van der Waals surface area contributed by atoms with Crippen molar-refractivity contribution in [2.24, 2.45) is 10.7 Å². The molecule has 92 valence electrons. The first-order valence-electron chi connectivity index (χ1n) is 4.70. The van der Waals surface area contributed by atoms with Crippen LogP contribution in [0.2, 0.25) is 0 Å². The molecule has 0 atom stereocenters. The van der Waals surface area contributed by atoms with Crippen LogP contribution in [0.3, 0.4) is 0 Å². The average Bonchev–Trinajstić information content (AvgIpc) is 2.28. The van der Waals surface area contributed by atoms with Gasteiger partial charge in [0.1, 0.15) is 0 Å². The van der Waals surface area contributed by atoms with Crippen LogP contribution < -0.4 is 5.73 Å². The van der Waals surface area contributed by atoms with Crippen LogP contribution in [-0.4, -0.2) is 37.9 Å². The molecule has 0 aliphatic rings. The van der Waals surface area contributed by atoms with Crippen LogP contribution in [0, 0.1) is 0 Å². The van der Waals surface area contributed by atoms with E-state index in [1.54, 1.807) is 18.2 Å². The van der Waals surface area contributed by atoms with Gasteiger partial charge >= 0.3 is 0 Å². The first-order valence-corrected chi connectivity index (χ1v) is 6.54. The van der Waals surface area contributed by atoms with Crippen molar-refractivity contribution in [1.29, 1.82) is 0 Å². The molecule has 7 heteroatoms. The van der Waals surface area contributed by atoms with Gasteiger partial charge in [-0.1, -0.05) is 18.2 Å². The molecule has 0 aliphatic carbocycles. The minimum absolute atomic E-state index is 0.226. The Morgan fingerprint density at radius 2 is 1.82 bits per heavy atom. The molecule has 0 bridgehead atoms. The van der Waals surface area contributed by atoms with E-state index < -0.39 is 15.9 Å². The SMILES string of the molecule is CN=C(N)N(C(=O)c1ccccc1)S(C)(=O)=O. The Balaban J connectivity index is 3.23. The number of sulfonamides is 1. The summed E-state index contributed by atoms with van der Waals surface area (Å²) in [4.78, 5) is 15.5. The number of aliphatic imine (C=N–C) groups is 1. The molecule has 1 amide bonds. The molecule has 0 unspecified atom stereocenters. The van der Waals surface area contributed by atoms with Crippen molar-refractivity contribution in [3.63, 3.8) is 0 Å². The van der Waals surface area contributed by atoms with Crippen molar-refractivity contribution in [3.8, 4) is 0 Å². The Labute approximate surface area is 99.8 Å². The molecule has 6 nitrogen and oxygen atoms in total. The second kappa shape index (κ2) is 4.96. The standard InChI is InChI=1S/C10H13N3O3S/c1-12-10(11)13(17(2,15)16)9(14)8-6-4-3-5-7-8/h3-7H,1-2H3,(H2,11,12). The summed E-state index contributed by atoms with van der Waals surface area (Å²) in [6.45, 7) is 0. The van der Waals surface area contributed by atoms with Gasteiger partial charge in [-0.2, -0.15) is 4.31 Å². The number of guanidine groups is 1. The average molecular weight is 255 g/mol. The number of hydrogen-bond donors (Lipinski definition) is 1. The van der Waals surface area contributed by atoms with Crippen molar-refractivity contribution in [3.05, 3.63) is 35.9 Å². The fourth-order valence-corrected chi connectivity index (χ4v) is 2.04. The van der Waals surface area contributed by atoms with Crippen LogP contribution in [0.25, 0.3) is 0 Å². The Kier molecular flexibility index (Phi) is 3.84. The van der Waals surface area contributed by atoms with Crippen molar-refractivity contribution >= 4 is 21.9 Å². The Morgan fingerprint density at radius 1 is 1.29 bits per heavy atom. The number of amides is 1. The molecular formula is C10H13N3O3S. The molecule has 2 N–H and O–H groups in total. The minimum atomic E-state index is -3.80. The second-order valence-corrected chi connectivity index (χ2v) is 5.11. The fourth-order valence-electron chi connectivity index (χ4n) is 1.21. The zero-order chi connectivity index (χ0) is 13.1. The first-order chi connectivity index (χ1) is 7.88. The number of nitrogens with zero attached hydrogens (tertiary/aromatic N) is 2. The smallest absolute Gasteiger partial charge is 0.274 e. The van der Waals surface area contributed by atoms with Crippen LogP contribution >= 0.6 is 0 Å². The van der Waals surface area contributed by atoms with Crippen LogP contribution in [0.4, 0.5) is 0 Å². The highest BCUT2D eigenvalue weighted by Crippen LogP contribution is 2.08. The Morgan fingerprint density at radius 3 is 2.24 bits per heavy atom. The van der Waals surface area contributed by atoms with Gasteiger partial charge in [0.2, 0.25) is 16.0 Å². The maximum absolute atomic E-state index is 12.0. The van der Waals surface area contributed by atoms with E-state index in [2.05, 4.69) is 4.99 Å². The highest BCUT2D eigenvalue weighted by molar-refractivity contribution is 7.89. The Bertz CT molecular complexity index is 537. The quantitative estimate of drug-likeness (QED) is 0.596. The summed E-state index contributed by atoms with van der Waals surface area (Å²) in [6, 6.07) is 7.99. The molecule has 0 saturated heterocycles. The lowest BCUT2D eigenvalue weighted by atomic mass is 10.2. The van der Waals surface area contributed by atoms with E-state index in [1.807, 2.05) is 0 Å². The summed E-state index contributed by atoms with van der Waals surface area (Å²) in [7, 11) is -2.48. The largest absolute Gasteiger partial charge is 0.369 e. The van der Waals surface area contributed by atoms with Gasteiger partial charge < -0.3 is 5.73 Å². The molecular weight excluding hydrogens is 242 g/mol. The van der Waals surface area contributed by atoms with Crippen molar-refractivity contribution in [2.45, 2.75) is 0 Å². The first kappa shape index (κ1) is 13.2. The minimum Gasteiger partial charge on any atom is -0.369 e. The number of nitrogens with two attached hydrogens (primary N) is 1. The van der Waals surface area contributed by atoms with Gasteiger partial charge in [-0.05, 0) is 12.1 Å². The summed E-state index contributed by atoms with van der Waals surface area (Å²) in [5, 5.41) is 0. The molecule has 0 fully saturated rings. The van der Waals surface area contributed by atoms with Gasteiger partial charge in [0.05, 0.1) is 6.26 Å². The van der Waals surface area contributed by atoms with Gasteiger partial charge in [0.15, 0.2) is 0 Å². The lowest BCUT2D eigenvalue weighted by molar-refractivity contribution is 0.0912. The topological polar surface area (TPSA) is 92.8 Å². The van der Waals surface area contributed by atoms with Gasteiger partial charge in [0.25, 0.3) is 5.91 Å². The van der Waals surface area contributed by atoms with E-state index in [-0.39, 0.29) is 11.5 Å². The molecule has 0 aliphatic heterocycles. The third-order valence-corrected chi connectivity index (χ3v) is 2.99. The summed E-state index contributed by atoms with van der Waals surface area (Å²) in [5.41, 5.74) is 5.64. The van der Waals surface area contributed by atoms with E-state index in [0.29, 0.717) is 4.31 Å². The van der Waals surface area contributed by atoms with Crippen LogP contribution in [0.15, 0.2) is 35.3 Å². The lowest BCUT2D eigenvalue weighted by Crippen LogP contribution is -2.45. The molecule has 0 heterocycles. The molecule has 0 saturated carbocycles. The van der Waals surface area contributed by atoms with Gasteiger partial charge in [0, 0.05) is 12.6 Å². The summed E-state index contributed by atoms with van der Waals surface area (Å²) < 4.78 is 23.5. The van der Waals surface area contributed by atoms with E-state index in [0.717, 1.165) is 6.26 Å². The van der Waals surface area contributed by atoms with Gasteiger partial charge in [-0.25, -0.2) is 8.42 Å². The molecule has 0 aromatic heterocycles. The molecule has 17 heavy (non-hydrogen) atoms. The molecule has 0 spiro atoms. The Hall–Kier alpha value is -1.89. The maximum Gasteiger partial charge on any atom is 0.274 e. The summed E-state index contributed by atoms with van der Waals surface area (Å²) >= 11 is 0. The lowest BCUT2D eigenvalue weighted by Gasteiger charge is -2.18. The zero-order valence-corrected chi connectivity index (χ0v) is 10.3. The fraction of sp³-hybridized carbons (Fsp3) is 0.200. The number of hydrogen-bond acceptors (Lipinski definition) is 4. The second-order valence-electron chi connectivity index (χ2n) is 3.28. The van der Waals surface area contributed by atoms with Gasteiger partial charge in [-0.15, -0.1) is 0 Å². The summed E-state index contributed by atoms with van der Waals surface area (Å²) in [5.74, 6) is -1.09. The molecule has 1 aromatic rings. The normalized spacial score (nSPS) is 12.2.